The number of benzene rings is 1. The molecular formula is C14H20N2O3. The molecule has 0 aliphatic carbocycles. The highest BCUT2D eigenvalue weighted by Gasteiger charge is 2.30. The highest BCUT2D eigenvalue weighted by atomic mass is 16.5. The van der Waals surface area contributed by atoms with Crippen LogP contribution in [0.5, 0.6) is 5.75 Å². The molecule has 2 unspecified atom stereocenters. The molecule has 1 amide bonds. The summed E-state index contributed by atoms with van der Waals surface area (Å²) in [4.78, 5) is 11.8. The topological polar surface area (TPSA) is 73.6 Å². The molecule has 0 radical (unpaired) electrons. The molecular weight excluding hydrogens is 244 g/mol. The molecule has 3 N–H and O–H groups in total. The molecule has 104 valence electrons. The summed E-state index contributed by atoms with van der Waals surface area (Å²) in [6.45, 7) is 3.52. The van der Waals surface area contributed by atoms with Gasteiger partial charge in [-0.05, 0) is 24.5 Å². The lowest BCUT2D eigenvalue weighted by molar-refractivity contribution is -0.131. The molecule has 2 atom stereocenters. The summed E-state index contributed by atoms with van der Waals surface area (Å²) in [6, 6.07) is 7.29. The first-order valence-electron chi connectivity index (χ1n) is 6.55. The van der Waals surface area contributed by atoms with E-state index in [4.69, 9.17) is 15.2 Å². The third-order valence-corrected chi connectivity index (χ3v) is 3.22. The zero-order valence-electron chi connectivity index (χ0n) is 11.1. The number of rotatable bonds is 5. The maximum Gasteiger partial charge on any atom is 0.249 e. The standard InChI is InChI=1S/C14H20N2O3/c1-10-6-8-19-13(10)14(17)16-7-9-18-12-5-3-2-4-11(12)15/h2-5,10,13H,6-9,15H2,1H3,(H,16,17). The molecule has 1 aliphatic heterocycles. The van der Waals surface area contributed by atoms with Crippen LogP contribution < -0.4 is 15.8 Å². The Bertz CT molecular complexity index is 436. The van der Waals surface area contributed by atoms with Crippen LogP contribution in [-0.4, -0.2) is 31.8 Å². The van der Waals surface area contributed by atoms with Gasteiger partial charge in [0.2, 0.25) is 5.91 Å². The number of nitrogen functional groups attached to an aromatic ring is 1. The maximum absolute atomic E-state index is 11.8. The Hall–Kier alpha value is -1.75. The van der Waals surface area contributed by atoms with E-state index in [9.17, 15) is 4.79 Å². The van der Waals surface area contributed by atoms with E-state index >= 15 is 0 Å². The number of para-hydroxylation sites is 2. The van der Waals surface area contributed by atoms with Crippen LogP contribution in [0.15, 0.2) is 24.3 Å². The number of hydrogen-bond acceptors (Lipinski definition) is 4. The largest absolute Gasteiger partial charge is 0.490 e. The summed E-state index contributed by atoms with van der Waals surface area (Å²) < 4.78 is 10.9. The van der Waals surface area contributed by atoms with Gasteiger partial charge in [-0.3, -0.25) is 4.79 Å². The molecule has 1 fully saturated rings. The first-order valence-corrected chi connectivity index (χ1v) is 6.55. The van der Waals surface area contributed by atoms with E-state index in [1.807, 2.05) is 19.1 Å². The van der Waals surface area contributed by atoms with E-state index in [2.05, 4.69) is 5.32 Å². The van der Waals surface area contributed by atoms with Gasteiger partial charge in [0.05, 0.1) is 12.2 Å². The summed E-state index contributed by atoms with van der Waals surface area (Å²) in [5.74, 6) is 0.863. The van der Waals surface area contributed by atoms with Gasteiger partial charge in [0.1, 0.15) is 18.5 Å². The lowest BCUT2D eigenvalue weighted by atomic mass is 10.0. The predicted octanol–water partition coefficient (Wildman–Crippen LogP) is 1.19. The lowest BCUT2D eigenvalue weighted by Crippen LogP contribution is -2.39. The van der Waals surface area contributed by atoms with Crippen LogP contribution in [0.3, 0.4) is 0 Å². The van der Waals surface area contributed by atoms with Gasteiger partial charge >= 0.3 is 0 Å². The molecule has 1 saturated heterocycles. The minimum atomic E-state index is -0.318. The van der Waals surface area contributed by atoms with Gasteiger partial charge in [-0.2, -0.15) is 0 Å². The van der Waals surface area contributed by atoms with Crippen molar-refractivity contribution >= 4 is 11.6 Å². The number of hydrogen-bond donors (Lipinski definition) is 2. The van der Waals surface area contributed by atoms with Crippen molar-refractivity contribution in [3.63, 3.8) is 0 Å². The second-order valence-corrected chi connectivity index (χ2v) is 4.73. The fourth-order valence-corrected chi connectivity index (χ4v) is 2.08. The molecule has 0 saturated carbocycles. The number of amides is 1. The van der Waals surface area contributed by atoms with Crippen LogP contribution in [-0.2, 0) is 9.53 Å². The van der Waals surface area contributed by atoms with Gasteiger partial charge in [0.15, 0.2) is 0 Å². The SMILES string of the molecule is CC1CCOC1C(=O)NCCOc1ccccc1N. The van der Waals surface area contributed by atoms with Crippen LogP contribution in [0.4, 0.5) is 5.69 Å². The summed E-state index contributed by atoms with van der Waals surface area (Å²) in [6.07, 6.45) is 0.622. The zero-order chi connectivity index (χ0) is 13.7. The first-order chi connectivity index (χ1) is 9.18. The van der Waals surface area contributed by atoms with Crippen molar-refractivity contribution in [1.29, 1.82) is 0 Å². The van der Waals surface area contributed by atoms with Gasteiger partial charge in [-0.15, -0.1) is 0 Å². The van der Waals surface area contributed by atoms with Crippen molar-refractivity contribution in [3.8, 4) is 5.75 Å². The Morgan fingerprint density at radius 2 is 2.32 bits per heavy atom. The number of nitrogens with two attached hydrogens (primary N) is 1. The van der Waals surface area contributed by atoms with E-state index < -0.39 is 0 Å². The molecule has 1 aliphatic rings. The number of anilines is 1. The van der Waals surface area contributed by atoms with E-state index in [0.717, 1.165) is 6.42 Å². The maximum atomic E-state index is 11.8. The fourth-order valence-electron chi connectivity index (χ4n) is 2.08. The van der Waals surface area contributed by atoms with Gasteiger partial charge in [-0.1, -0.05) is 19.1 Å². The summed E-state index contributed by atoms with van der Waals surface area (Å²) >= 11 is 0. The number of carbonyl (C=O) groups excluding carboxylic acids is 1. The van der Waals surface area contributed by atoms with Crippen LogP contribution in [0.1, 0.15) is 13.3 Å². The van der Waals surface area contributed by atoms with Crippen LogP contribution in [0, 0.1) is 5.92 Å². The van der Waals surface area contributed by atoms with Gasteiger partial charge in [0.25, 0.3) is 0 Å². The molecule has 0 aromatic heterocycles. The van der Waals surface area contributed by atoms with Crippen LogP contribution >= 0.6 is 0 Å². The molecule has 5 heteroatoms. The van der Waals surface area contributed by atoms with Crippen molar-refractivity contribution in [2.45, 2.75) is 19.4 Å². The summed E-state index contributed by atoms with van der Waals surface area (Å²) in [5.41, 5.74) is 6.35. The van der Waals surface area contributed by atoms with Crippen LogP contribution in [0.25, 0.3) is 0 Å². The van der Waals surface area contributed by atoms with Gasteiger partial charge in [0, 0.05) is 6.61 Å². The molecule has 0 bridgehead atoms. The fraction of sp³-hybridized carbons (Fsp3) is 0.500. The highest BCUT2D eigenvalue weighted by molar-refractivity contribution is 5.81. The van der Waals surface area contributed by atoms with E-state index in [-0.39, 0.29) is 17.9 Å². The third-order valence-electron chi connectivity index (χ3n) is 3.22. The Morgan fingerprint density at radius 1 is 1.53 bits per heavy atom. The predicted molar refractivity (Wildman–Crippen MR) is 72.9 cm³/mol. The Labute approximate surface area is 113 Å². The lowest BCUT2D eigenvalue weighted by Gasteiger charge is -2.15. The molecule has 19 heavy (non-hydrogen) atoms. The monoisotopic (exact) mass is 264 g/mol. The van der Waals surface area contributed by atoms with Crippen molar-refractivity contribution in [1.82, 2.24) is 5.32 Å². The Kier molecular flexibility index (Phi) is 4.63. The quantitative estimate of drug-likeness (QED) is 0.619. The van der Waals surface area contributed by atoms with Crippen molar-refractivity contribution in [2.75, 3.05) is 25.5 Å². The summed E-state index contributed by atoms with van der Waals surface area (Å²) in [7, 11) is 0. The average molecular weight is 264 g/mol. The zero-order valence-corrected chi connectivity index (χ0v) is 11.1. The van der Waals surface area contributed by atoms with Crippen molar-refractivity contribution < 1.29 is 14.3 Å². The van der Waals surface area contributed by atoms with Crippen molar-refractivity contribution in [3.05, 3.63) is 24.3 Å². The normalized spacial score (nSPS) is 22.2. The smallest absolute Gasteiger partial charge is 0.249 e. The minimum Gasteiger partial charge on any atom is -0.490 e. The number of ether oxygens (including phenoxy) is 2. The van der Waals surface area contributed by atoms with E-state index in [0.29, 0.717) is 31.2 Å². The molecule has 1 aromatic carbocycles. The minimum absolute atomic E-state index is 0.0605. The van der Waals surface area contributed by atoms with E-state index in [1.54, 1.807) is 12.1 Å². The molecule has 5 nitrogen and oxygen atoms in total. The van der Waals surface area contributed by atoms with Gasteiger partial charge < -0.3 is 20.5 Å². The second kappa shape index (κ2) is 6.43. The third kappa shape index (κ3) is 3.61. The highest BCUT2D eigenvalue weighted by Crippen LogP contribution is 2.20. The molecule has 0 spiro atoms. The van der Waals surface area contributed by atoms with Crippen molar-refractivity contribution in [2.24, 2.45) is 5.92 Å². The Balaban J connectivity index is 1.69. The number of carbonyl (C=O) groups is 1. The average Bonchev–Trinajstić information content (AvgIpc) is 2.82. The summed E-state index contributed by atoms with van der Waals surface area (Å²) in [5, 5.41) is 2.81. The van der Waals surface area contributed by atoms with Gasteiger partial charge in [-0.25, -0.2) is 0 Å². The van der Waals surface area contributed by atoms with Crippen LogP contribution in [0.2, 0.25) is 0 Å². The second-order valence-electron chi connectivity index (χ2n) is 4.73. The first kappa shape index (κ1) is 13.7. The number of nitrogens with one attached hydrogen (secondary N) is 1. The molecule has 2 rings (SSSR count). The molecule has 1 aromatic rings. The molecule has 1 heterocycles. The Morgan fingerprint density at radius 3 is 3.00 bits per heavy atom. The van der Waals surface area contributed by atoms with E-state index in [1.165, 1.54) is 0 Å².